The second-order valence-corrected chi connectivity index (χ2v) is 4.76. The summed E-state index contributed by atoms with van der Waals surface area (Å²) in [6.07, 6.45) is 2.59. The van der Waals surface area contributed by atoms with Gasteiger partial charge in [0.25, 0.3) is 0 Å². The Labute approximate surface area is 110 Å². The van der Waals surface area contributed by atoms with Gasteiger partial charge in [-0.1, -0.05) is 22.0 Å². The van der Waals surface area contributed by atoms with Crippen LogP contribution in [0.15, 0.2) is 18.2 Å². The molecule has 0 atom stereocenters. The summed E-state index contributed by atoms with van der Waals surface area (Å²) in [6, 6.07) is 5.88. The molecule has 0 unspecified atom stereocenters. The molecule has 0 radical (unpaired) electrons. The topological polar surface area (TPSA) is 27.7 Å². The third-order valence-electron chi connectivity index (χ3n) is 2.73. The van der Waals surface area contributed by atoms with Crippen LogP contribution in [0, 0.1) is 5.92 Å². The highest BCUT2D eigenvalue weighted by Gasteiger charge is 2.21. The minimum Gasteiger partial charge on any atom is -0.493 e. The van der Waals surface area contributed by atoms with Crippen molar-refractivity contribution in [2.24, 2.45) is 5.92 Å². The third-order valence-corrected chi connectivity index (χ3v) is 3.38. The van der Waals surface area contributed by atoms with Gasteiger partial charge < -0.3 is 14.2 Å². The number of hydrogen-bond acceptors (Lipinski definition) is 3. The molecule has 1 saturated carbocycles. The SMILES string of the molecule is COc1ccc(CBr)cc1OCOCC1CC1. The van der Waals surface area contributed by atoms with E-state index in [4.69, 9.17) is 14.2 Å². The van der Waals surface area contributed by atoms with Gasteiger partial charge in [-0.3, -0.25) is 0 Å². The lowest BCUT2D eigenvalue weighted by Crippen LogP contribution is -2.06. The summed E-state index contributed by atoms with van der Waals surface area (Å²) in [5.74, 6) is 2.24. The molecular formula is C13H17BrO3. The standard InChI is InChI=1S/C13H17BrO3/c1-15-12-5-4-11(7-14)6-13(12)17-9-16-8-10-2-3-10/h4-6,10H,2-3,7-9H2,1H3. The fourth-order valence-electron chi connectivity index (χ4n) is 1.52. The molecule has 0 amide bonds. The molecule has 1 aromatic carbocycles. The molecule has 0 N–H and O–H groups in total. The second-order valence-electron chi connectivity index (χ2n) is 4.20. The number of rotatable bonds is 7. The molecule has 0 bridgehead atoms. The number of methoxy groups -OCH3 is 1. The Morgan fingerprint density at radius 1 is 1.29 bits per heavy atom. The molecule has 0 spiro atoms. The van der Waals surface area contributed by atoms with Crippen LogP contribution in [0.1, 0.15) is 18.4 Å². The van der Waals surface area contributed by atoms with Gasteiger partial charge in [0, 0.05) is 5.33 Å². The summed E-state index contributed by atoms with van der Waals surface area (Å²) in [6.45, 7) is 1.10. The van der Waals surface area contributed by atoms with Crippen molar-refractivity contribution in [2.45, 2.75) is 18.2 Å². The van der Waals surface area contributed by atoms with Crippen LogP contribution in [0.5, 0.6) is 11.5 Å². The lowest BCUT2D eigenvalue weighted by molar-refractivity contribution is 0.00864. The molecule has 94 valence electrons. The van der Waals surface area contributed by atoms with Gasteiger partial charge in [0.05, 0.1) is 13.7 Å². The Hall–Kier alpha value is -0.740. The fraction of sp³-hybridized carbons (Fsp3) is 0.538. The summed E-state index contributed by atoms with van der Waals surface area (Å²) in [4.78, 5) is 0. The Bertz CT molecular complexity index is 364. The highest BCUT2D eigenvalue weighted by molar-refractivity contribution is 9.08. The van der Waals surface area contributed by atoms with Crippen molar-refractivity contribution in [1.82, 2.24) is 0 Å². The van der Waals surface area contributed by atoms with Crippen LogP contribution in [0.25, 0.3) is 0 Å². The molecule has 0 saturated heterocycles. The summed E-state index contributed by atoms with van der Waals surface area (Å²) in [5, 5.41) is 0.802. The molecule has 17 heavy (non-hydrogen) atoms. The van der Waals surface area contributed by atoms with Crippen LogP contribution in [-0.4, -0.2) is 20.5 Å². The monoisotopic (exact) mass is 300 g/mol. The molecule has 1 aromatic rings. The smallest absolute Gasteiger partial charge is 0.189 e. The van der Waals surface area contributed by atoms with Crippen molar-refractivity contribution in [3.63, 3.8) is 0 Å². The zero-order valence-corrected chi connectivity index (χ0v) is 11.5. The predicted octanol–water partition coefficient (Wildman–Crippen LogP) is 3.35. The van der Waals surface area contributed by atoms with Gasteiger partial charge >= 0.3 is 0 Å². The molecule has 1 aliphatic carbocycles. The maximum absolute atomic E-state index is 5.58. The minimum absolute atomic E-state index is 0.290. The van der Waals surface area contributed by atoms with Crippen LogP contribution in [-0.2, 0) is 10.1 Å². The van der Waals surface area contributed by atoms with Crippen molar-refractivity contribution < 1.29 is 14.2 Å². The molecular weight excluding hydrogens is 284 g/mol. The molecule has 0 aromatic heterocycles. The number of benzene rings is 1. The van der Waals surface area contributed by atoms with E-state index < -0.39 is 0 Å². The van der Waals surface area contributed by atoms with Crippen LogP contribution in [0.4, 0.5) is 0 Å². The van der Waals surface area contributed by atoms with Crippen LogP contribution < -0.4 is 9.47 Å². The first kappa shape index (κ1) is 12.7. The summed E-state index contributed by atoms with van der Waals surface area (Å²) < 4.78 is 16.3. The minimum atomic E-state index is 0.290. The van der Waals surface area contributed by atoms with Gasteiger partial charge in [-0.15, -0.1) is 0 Å². The number of hydrogen-bond donors (Lipinski definition) is 0. The van der Waals surface area contributed by atoms with Crippen molar-refractivity contribution in [3.05, 3.63) is 23.8 Å². The van der Waals surface area contributed by atoms with E-state index in [-0.39, 0.29) is 0 Å². The quantitative estimate of drug-likeness (QED) is 0.439. The van der Waals surface area contributed by atoms with Crippen molar-refractivity contribution in [2.75, 3.05) is 20.5 Å². The van der Waals surface area contributed by atoms with Crippen LogP contribution in [0.2, 0.25) is 0 Å². The van der Waals surface area contributed by atoms with E-state index in [1.54, 1.807) is 7.11 Å². The van der Waals surface area contributed by atoms with E-state index in [9.17, 15) is 0 Å². The molecule has 4 heteroatoms. The van der Waals surface area contributed by atoms with E-state index >= 15 is 0 Å². The van der Waals surface area contributed by atoms with Crippen molar-refractivity contribution in [1.29, 1.82) is 0 Å². The maximum atomic E-state index is 5.58. The summed E-state index contributed by atoms with van der Waals surface area (Å²) in [5.41, 5.74) is 1.16. The van der Waals surface area contributed by atoms with E-state index in [0.29, 0.717) is 6.79 Å². The zero-order valence-electron chi connectivity index (χ0n) is 9.95. The van der Waals surface area contributed by atoms with Crippen molar-refractivity contribution in [3.8, 4) is 11.5 Å². The lowest BCUT2D eigenvalue weighted by atomic mass is 10.2. The maximum Gasteiger partial charge on any atom is 0.189 e. The van der Waals surface area contributed by atoms with Crippen LogP contribution in [0.3, 0.4) is 0 Å². The van der Waals surface area contributed by atoms with E-state index in [2.05, 4.69) is 15.9 Å². The number of alkyl halides is 1. The first-order valence-electron chi connectivity index (χ1n) is 5.77. The molecule has 1 fully saturated rings. The Morgan fingerprint density at radius 3 is 2.76 bits per heavy atom. The predicted molar refractivity (Wildman–Crippen MR) is 69.8 cm³/mol. The highest BCUT2D eigenvalue weighted by atomic mass is 79.9. The van der Waals surface area contributed by atoms with Crippen LogP contribution >= 0.6 is 15.9 Å². The Kier molecular flexibility index (Phi) is 4.68. The molecule has 2 rings (SSSR count). The second kappa shape index (κ2) is 6.26. The Morgan fingerprint density at radius 2 is 2.12 bits per heavy atom. The van der Waals surface area contributed by atoms with E-state index in [0.717, 1.165) is 34.9 Å². The van der Waals surface area contributed by atoms with Gasteiger partial charge in [0.1, 0.15) is 0 Å². The zero-order chi connectivity index (χ0) is 12.1. The van der Waals surface area contributed by atoms with E-state index in [1.807, 2.05) is 18.2 Å². The fourth-order valence-corrected chi connectivity index (χ4v) is 1.87. The Balaban J connectivity index is 1.87. The molecule has 0 heterocycles. The lowest BCUT2D eigenvalue weighted by Gasteiger charge is -2.11. The van der Waals surface area contributed by atoms with Gasteiger partial charge in [0.2, 0.25) is 0 Å². The first-order chi connectivity index (χ1) is 8.33. The van der Waals surface area contributed by atoms with Gasteiger partial charge in [0.15, 0.2) is 18.3 Å². The van der Waals surface area contributed by atoms with Crippen molar-refractivity contribution >= 4 is 15.9 Å². The third kappa shape index (κ3) is 3.89. The van der Waals surface area contributed by atoms with Gasteiger partial charge in [-0.2, -0.15) is 0 Å². The molecule has 0 aliphatic heterocycles. The number of halogens is 1. The summed E-state index contributed by atoms with van der Waals surface area (Å²) in [7, 11) is 1.64. The average molecular weight is 301 g/mol. The summed E-state index contributed by atoms with van der Waals surface area (Å²) >= 11 is 3.42. The first-order valence-corrected chi connectivity index (χ1v) is 6.89. The number of ether oxygens (including phenoxy) is 3. The normalized spacial score (nSPS) is 14.7. The molecule has 3 nitrogen and oxygen atoms in total. The van der Waals surface area contributed by atoms with Gasteiger partial charge in [-0.05, 0) is 36.5 Å². The highest BCUT2D eigenvalue weighted by Crippen LogP contribution is 2.30. The average Bonchev–Trinajstić information content (AvgIpc) is 3.18. The van der Waals surface area contributed by atoms with Gasteiger partial charge in [-0.25, -0.2) is 0 Å². The van der Waals surface area contributed by atoms with E-state index in [1.165, 1.54) is 12.8 Å². The largest absolute Gasteiger partial charge is 0.493 e. The molecule has 1 aliphatic rings.